The van der Waals surface area contributed by atoms with Gasteiger partial charge < -0.3 is 10.1 Å². The molecule has 21 heavy (non-hydrogen) atoms. The van der Waals surface area contributed by atoms with E-state index in [1.54, 1.807) is 6.07 Å². The standard InChI is InChI=1S/C12H6Br2F4N2O/c1-21-7-3-6(4(13)2-5(7)14)19-10-8(15)11(17)20-12(18)9(10)16/h2-3H,1H3,(H,19,20). The highest BCUT2D eigenvalue weighted by atomic mass is 79.9. The second-order valence-corrected chi connectivity index (χ2v) is 5.50. The zero-order valence-electron chi connectivity index (χ0n) is 10.3. The molecular weight excluding hydrogens is 424 g/mol. The van der Waals surface area contributed by atoms with Gasteiger partial charge in [-0.2, -0.15) is 22.5 Å². The van der Waals surface area contributed by atoms with Gasteiger partial charge in [-0.15, -0.1) is 0 Å². The van der Waals surface area contributed by atoms with Gasteiger partial charge in [0, 0.05) is 10.5 Å². The maximum absolute atomic E-state index is 13.6. The van der Waals surface area contributed by atoms with Gasteiger partial charge in [0.2, 0.25) is 11.6 Å². The molecule has 0 fully saturated rings. The molecule has 0 atom stereocenters. The fraction of sp³-hybridized carbons (Fsp3) is 0.0833. The van der Waals surface area contributed by atoms with E-state index < -0.39 is 29.2 Å². The van der Waals surface area contributed by atoms with E-state index >= 15 is 0 Å². The molecule has 0 aliphatic heterocycles. The third-order valence-corrected chi connectivity index (χ3v) is 3.77. The molecule has 112 valence electrons. The van der Waals surface area contributed by atoms with Gasteiger partial charge in [-0.25, -0.2) is 0 Å². The Labute approximate surface area is 133 Å². The first kappa shape index (κ1) is 16.0. The average Bonchev–Trinajstić information content (AvgIpc) is 2.43. The Balaban J connectivity index is 2.53. The zero-order chi connectivity index (χ0) is 15.7. The van der Waals surface area contributed by atoms with Crippen molar-refractivity contribution in [3.63, 3.8) is 0 Å². The molecule has 0 saturated carbocycles. The Morgan fingerprint density at radius 1 is 1.00 bits per heavy atom. The lowest BCUT2D eigenvalue weighted by atomic mass is 10.2. The van der Waals surface area contributed by atoms with Crippen LogP contribution in [0.4, 0.5) is 28.9 Å². The molecule has 2 rings (SSSR count). The number of halogens is 6. The van der Waals surface area contributed by atoms with E-state index in [0.29, 0.717) is 14.7 Å². The highest BCUT2D eigenvalue weighted by molar-refractivity contribution is 9.11. The lowest BCUT2D eigenvalue weighted by Gasteiger charge is -2.13. The monoisotopic (exact) mass is 428 g/mol. The van der Waals surface area contributed by atoms with Crippen molar-refractivity contribution in [3.05, 3.63) is 44.6 Å². The van der Waals surface area contributed by atoms with E-state index in [-0.39, 0.29) is 5.69 Å². The van der Waals surface area contributed by atoms with E-state index in [1.807, 2.05) is 0 Å². The van der Waals surface area contributed by atoms with Gasteiger partial charge >= 0.3 is 0 Å². The summed E-state index contributed by atoms with van der Waals surface area (Å²) in [6.45, 7) is 0. The number of anilines is 2. The molecule has 0 unspecified atom stereocenters. The summed E-state index contributed by atoms with van der Waals surface area (Å²) in [7, 11) is 1.39. The molecule has 0 aliphatic rings. The Morgan fingerprint density at radius 2 is 1.57 bits per heavy atom. The number of benzene rings is 1. The number of pyridine rings is 1. The normalized spacial score (nSPS) is 10.6. The van der Waals surface area contributed by atoms with Crippen LogP contribution in [0.5, 0.6) is 5.75 Å². The molecule has 0 bridgehead atoms. The van der Waals surface area contributed by atoms with Crippen molar-refractivity contribution in [2.24, 2.45) is 0 Å². The lowest BCUT2D eigenvalue weighted by Crippen LogP contribution is -2.06. The number of ether oxygens (including phenoxy) is 1. The zero-order valence-corrected chi connectivity index (χ0v) is 13.4. The van der Waals surface area contributed by atoms with Crippen LogP contribution in [0, 0.1) is 23.5 Å². The van der Waals surface area contributed by atoms with Gasteiger partial charge in [-0.3, -0.25) is 0 Å². The number of aromatic nitrogens is 1. The Morgan fingerprint density at radius 3 is 2.10 bits per heavy atom. The van der Waals surface area contributed by atoms with E-state index in [2.05, 4.69) is 42.2 Å². The Hall–Kier alpha value is -1.35. The van der Waals surface area contributed by atoms with Crippen molar-refractivity contribution < 1.29 is 22.3 Å². The summed E-state index contributed by atoms with van der Waals surface area (Å²) in [6, 6.07) is 2.94. The number of hydrogen-bond donors (Lipinski definition) is 1. The summed E-state index contributed by atoms with van der Waals surface area (Å²) in [5, 5.41) is 2.27. The van der Waals surface area contributed by atoms with Crippen LogP contribution in [0.25, 0.3) is 0 Å². The summed E-state index contributed by atoms with van der Waals surface area (Å²) >= 11 is 6.38. The van der Waals surface area contributed by atoms with Gasteiger partial charge in [0.05, 0.1) is 17.3 Å². The Kier molecular flexibility index (Phi) is 4.72. The van der Waals surface area contributed by atoms with Crippen molar-refractivity contribution >= 4 is 43.2 Å². The van der Waals surface area contributed by atoms with Crippen LogP contribution in [0.2, 0.25) is 0 Å². The predicted octanol–water partition coefficient (Wildman–Crippen LogP) is 4.92. The minimum Gasteiger partial charge on any atom is -0.495 e. The average molecular weight is 430 g/mol. The third-order valence-electron chi connectivity index (χ3n) is 2.50. The fourth-order valence-electron chi connectivity index (χ4n) is 1.51. The minimum atomic E-state index is -1.74. The highest BCUT2D eigenvalue weighted by Crippen LogP contribution is 2.37. The SMILES string of the molecule is COc1cc(Nc2c(F)c(F)nc(F)c2F)c(Br)cc1Br. The van der Waals surface area contributed by atoms with E-state index in [9.17, 15) is 17.6 Å². The Bertz CT molecular complexity index is 686. The van der Waals surface area contributed by atoms with Crippen molar-refractivity contribution in [2.75, 3.05) is 12.4 Å². The molecule has 0 aliphatic carbocycles. The van der Waals surface area contributed by atoms with Crippen LogP contribution in [0.1, 0.15) is 0 Å². The number of nitrogens with one attached hydrogen (secondary N) is 1. The molecule has 0 spiro atoms. The van der Waals surface area contributed by atoms with Crippen LogP contribution < -0.4 is 10.1 Å². The third kappa shape index (κ3) is 3.13. The molecule has 0 amide bonds. The van der Waals surface area contributed by atoms with Crippen LogP contribution in [-0.4, -0.2) is 12.1 Å². The summed E-state index contributed by atoms with van der Waals surface area (Å²) in [4.78, 5) is 2.48. The van der Waals surface area contributed by atoms with E-state index in [0.717, 1.165) is 0 Å². The lowest BCUT2D eigenvalue weighted by molar-refractivity contribution is 0.410. The number of methoxy groups -OCH3 is 1. The molecule has 1 N–H and O–H groups in total. The van der Waals surface area contributed by atoms with Crippen molar-refractivity contribution in [1.82, 2.24) is 4.98 Å². The van der Waals surface area contributed by atoms with Crippen LogP contribution in [0.3, 0.4) is 0 Å². The number of rotatable bonds is 3. The summed E-state index contributed by atoms with van der Waals surface area (Å²) < 4.78 is 59.2. The molecule has 0 saturated heterocycles. The molecule has 1 aromatic heterocycles. The van der Waals surface area contributed by atoms with Crippen molar-refractivity contribution in [2.45, 2.75) is 0 Å². The summed E-state index contributed by atoms with van der Waals surface area (Å²) in [5.41, 5.74) is -0.831. The number of nitrogens with zero attached hydrogens (tertiary/aromatic N) is 1. The smallest absolute Gasteiger partial charge is 0.253 e. The molecule has 0 radical (unpaired) electrons. The maximum atomic E-state index is 13.6. The van der Waals surface area contributed by atoms with Crippen LogP contribution >= 0.6 is 31.9 Å². The van der Waals surface area contributed by atoms with E-state index in [4.69, 9.17) is 4.74 Å². The topological polar surface area (TPSA) is 34.1 Å². The molecule has 9 heteroatoms. The molecule has 3 nitrogen and oxygen atoms in total. The first-order chi connectivity index (χ1) is 9.85. The van der Waals surface area contributed by atoms with Crippen LogP contribution in [-0.2, 0) is 0 Å². The molecule has 2 aromatic rings. The quantitative estimate of drug-likeness (QED) is 0.555. The van der Waals surface area contributed by atoms with Gasteiger partial charge in [0.1, 0.15) is 11.4 Å². The van der Waals surface area contributed by atoms with Crippen molar-refractivity contribution in [3.8, 4) is 5.75 Å². The minimum absolute atomic E-state index is 0.151. The summed E-state index contributed by atoms with van der Waals surface area (Å²) in [6.07, 6.45) is 0. The maximum Gasteiger partial charge on any atom is 0.253 e. The molecule has 1 aromatic carbocycles. The van der Waals surface area contributed by atoms with Gasteiger partial charge in [0.25, 0.3) is 11.9 Å². The highest BCUT2D eigenvalue weighted by Gasteiger charge is 2.21. The van der Waals surface area contributed by atoms with Gasteiger partial charge in [-0.05, 0) is 37.9 Å². The largest absolute Gasteiger partial charge is 0.495 e. The van der Waals surface area contributed by atoms with Gasteiger partial charge in [0.15, 0.2) is 0 Å². The second-order valence-electron chi connectivity index (χ2n) is 3.79. The fourth-order valence-corrected chi connectivity index (χ4v) is 2.77. The van der Waals surface area contributed by atoms with Crippen LogP contribution in [0.15, 0.2) is 21.1 Å². The summed E-state index contributed by atoms with van der Waals surface area (Å²) in [5.74, 6) is -6.37. The molecule has 1 heterocycles. The second kappa shape index (κ2) is 6.18. The van der Waals surface area contributed by atoms with E-state index in [1.165, 1.54) is 13.2 Å². The first-order valence-corrected chi connectivity index (χ1v) is 6.93. The van der Waals surface area contributed by atoms with Crippen molar-refractivity contribution in [1.29, 1.82) is 0 Å². The number of hydrogen-bond acceptors (Lipinski definition) is 3. The predicted molar refractivity (Wildman–Crippen MR) is 75.7 cm³/mol. The van der Waals surface area contributed by atoms with Gasteiger partial charge in [-0.1, -0.05) is 0 Å². The first-order valence-electron chi connectivity index (χ1n) is 5.35. The molecular formula is C12H6Br2F4N2O.